The molecule has 2 heteroatoms. The molecule has 0 aromatic rings. The maximum Gasteiger partial charge on any atom is 0.0207 e. The van der Waals surface area contributed by atoms with E-state index in [1.165, 1.54) is 32.2 Å². The van der Waals surface area contributed by atoms with Gasteiger partial charge in [0.2, 0.25) is 0 Å². The maximum absolute atomic E-state index is 3.69. The zero-order chi connectivity index (χ0) is 10.4. The van der Waals surface area contributed by atoms with E-state index in [2.05, 4.69) is 31.4 Å². The molecule has 2 N–H and O–H groups in total. The van der Waals surface area contributed by atoms with Crippen LogP contribution in [0.25, 0.3) is 0 Å². The van der Waals surface area contributed by atoms with Gasteiger partial charge in [0.25, 0.3) is 0 Å². The lowest BCUT2D eigenvalue weighted by Crippen LogP contribution is -2.37. The van der Waals surface area contributed by atoms with Crippen LogP contribution in [-0.4, -0.2) is 25.2 Å². The van der Waals surface area contributed by atoms with Crippen molar-refractivity contribution in [3.8, 4) is 0 Å². The second kappa shape index (κ2) is 6.41. The molecule has 0 saturated carbocycles. The van der Waals surface area contributed by atoms with Crippen molar-refractivity contribution in [2.24, 2.45) is 5.92 Å². The quantitative estimate of drug-likeness (QED) is 0.683. The fourth-order valence-corrected chi connectivity index (χ4v) is 2.11. The highest BCUT2D eigenvalue weighted by Gasteiger charge is 2.15. The van der Waals surface area contributed by atoms with Crippen LogP contribution >= 0.6 is 0 Å². The average Bonchev–Trinajstić information content (AvgIpc) is 2.56. The highest BCUT2D eigenvalue weighted by atomic mass is 15.0. The van der Waals surface area contributed by atoms with Gasteiger partial charge in [-0.3, -0.25) is 0 Å². The molecule has 0 bridgehead atoms. The van der Waals surface area contributed by atoms with E-state index in [9.17, 15) is 0 Å². The fourth-order valence-electron chi connectivity index (χ4n) is 2.11. The van der Waals surface area contributed by atoms with Crippen LogP contribution in [0.1, 0.15) is 46.5 Å². The summed E-state index contributed by atoms with van der Waals surface area (Å²) in [6.07, 6.45) is 5.37. The molecule has 0 radical (unpaired) electrons. The molecule has 1 aliphatic heterocycles. The third-order valence-corrected chi connectivity index (χ3v) is 3.00. The van der Waals surface area contributed by atoms with E-state index in [-0.39, 0.29) is 0 Å². The smallest absolute Gasteiger partial charge is 0.0207 e. The van der Waals surface area contributed by atoms with E-state index >= 15 is 0 Å². The number of rotatable bonds is 6. The molecule has 1 fully saturated rings. The van der Waals surface area contributed by atoms with Gasteiger partial charge in [-0.25, -0.2) is 0 Å². The van der Waals surface area contributed by atoms with Crippen LogP contribution in [0, 0.1) is 5.92 Å². The normalized spacial score (nSPS) is 24.4. The fraction of sp³-hybridized carbons (Fsp3) is 1.00. The second-order valence-corrected chi connectivity index (χ2v) is 5.08. The van der Waals surface area contributed by atoms with E-state index in [0.29, 0.717) is 6.04 Å². The van der Waals surface area contributed by atoms with Gasteiger partial charge in [0, 0.05) is 18.6 Å². The van der Waals surface area contributed by atoms with Crippen LogP contribution < -0.4 is 10.6 Å². The first-order valence-electron chi connectivity index (χ1n) is 6.15. The Morgan fingerprint density at radius 2 is 2.07 bits per heavy atom. The van der Waals surface area contributed by atoms with Crippen molar-refractivity contribution in [3.63, 3.8) is 0 Å². The third kappa shape index (κ3) is 4.97. The highest BCUT2D eigenvalue weighted by Crippen LogP contribution is 2.09. The first-order chi connectivity index (χ1) is 6.68. The summed E-state index contributed by atoms with van der Waals surface area (Å²) < 4.78 is 0. The lowest BCUT2D eigenvalue weighted by Gasteiger charge is -2.18. The van der Waals surface area contributed by atoms with Crippen LogP contribution in [0.2, 0.25) is 0 Å². The lowest BCUT2D eigenvalue weighted by atomic mass is 10.0. The van der Waals surface area contributed by atoms with Gasteiger partial charge in [-0.2, -0.15) is 0 Å². The molecule has 0 amide bonds. The van der Waals surface area contributed by atoms with Crippen molar-refractivity contribution in [3.05, 3.63) is 0 Å². The Morgan fingerprint density at radius 1 is 1.29 bits per heavy atom. The Balaban J connectivity index is 2.00. The molecule has 84 valence electrons. The molecule has 2 unspecified atom stereocenters. The van der Waals surface area contributed by atoms with Gasteiger partial charge in [0.05, 0.1) is 0 Å². The van der Waals surface area contributed by atoms with E-state index in [1.807, 2.05) is 0 Å². The van der Waals surface area contributed by atoms with Crippen molar-refractivity contribution in [1.82, 2.24) is 10.6 Å². The van der Waals surface area contributed by atoms with Gasteiger partial charge in [0.1, 0.15) is 0 Å². The molecule has 1 heterocycles. The summed E-state index contributed by atoms with van der Waals surface area (Å²) in [5.41, 5.74) is 0. The highest BCUT2D eigenvalue weighted by molar-refractivity contribution is 4.79. The maximum atomic E-state index is 3.69. The third-order valence-electron chi connectivity index (χ3n) is 3.00. The van der Waals surface area contributed by atoms with Gasteiger partial charge in [-0.15, -0.1) is 0 Å². The minimum Gasteiger partial charge on any atom is -0.315 e. The SMILES string of the molecule is CC(C)CCCC(C)NC1CCNC1. The van der Waals surface area contributed by atoms with E-state index in [0.717, 1.165) is 18.5 Å². The first kappa shape index (κ1) is 12.0. The van der Waals surface area contributed by atoms with E-state index in [4.69, 9.17) is 0 Å². The molecular weight excluding hydrogens is 172 g/mol. The van der Waals surface area contributed by atoms with Crippen LogP contribution in [0.3, 0.4) is 0 Å². The Labute approximate surface area is 88.8 Å². The predicted octanol–water partition coefficient (Wildman–Crippen LogP) is 2.15. The van der Waals surface area contributed by atoms with Crippen LogP contribution in [0.5, 0.6) is 0 Å². The van der Waals surface area contributed by atoms with Crippen molar-refractivity contribution in [2.45, 2.75) is 58.5 Å². The number of hydrogen-bond acceptors (Lipinski definition) is 2. The summed E-state index contributed by atoms with van der Waals surface area (Å²) in [6.45, 7) is 9.28. The molecule has 1 aliphatic rings. The molecule has 0 aromatic carbocycles. The second-order valence-electron chi connectivity index (χ2n) is 5.08. The van der Waals surface area contributed by atoms with Gasteiger partial charge < -0.3 is 10.6 Å². The first-order valence-corrected chi connectivity index (χ1v) is 6.15. The number of nitrogens with one attached hydrogen (secondary N) is 2. The monoisotopic (exact) mass is 198 g/mol. The van der Waals surface area contributed by atoms with Crippen molar-refractivity contribution < 1.29 is 0 Å². The molecule has 0 aliphatic carbocycles. The Morgan fingerprint density at radius 3 is 2.64 bits per heavy atom. The predicted molar refractivity (Wildman–Crippen MR) is 62.6 cm³/mol. The van der Waals surface area contributed by atoms with Crippen molar-refractivity contribution >= 4 is 0 Å². The largest absolute Gasteiger partial charge is 0.315 e. The Kier molecular flexibility index (Phi) is 5.49. The summed E-state index contributed by atoms with van der Waals surface area (Å²) >= 11 is 0. The lowest BCUT2D eigenvalue weighted by molar-refractivity contribution is 0.417. The summed E-state index contributed by atoms with van der Waals surface area (Å²) in [7, 11) is 0. The van der Waals surface area contributed by atoms with Crippen LogP contribution in [0.4, 0.5) is 0 Å². The average molecular weight is 198 g/mol. The van der Waals surface area contributed by atoms with E-state index < -0.39 is 0 Å². The van der Waals surface area contributed by atoms with Crippen molar-refractivity contribution in [1.29, 1.82) is 0 Å². The number of hydrogen-bond donors (Lipinski definition) is 2. The molecule has 1 rings (SSSR count). The summed E-state index contributed by atoms with van der Waals surface area (Å²) in [4.78, 5) is 0. The summed E-state index contributed by atoms with van der Waals surface area (Å²) in [5, 5.41) is 7.08. The Bertz CT molecular complexity index is 139. The molecule has 2 atom stereocenters. The molecule has 0 aromatic heterocycles. The van der Waals surface area contributed by atoms with Crippen LogP contribution in [-0.2, 0) is 0 Å². The molecule has 0 spiro atoms. The standard InChI is InChI=1S/C12H26N2/c1-10(2)5-4-6-11(3)14-12-7-8-13-9-12/h10-14H,4-9H2,1-3H3. The molecule has 14 heavy (non-hydrogen) atoms. The van der Waals surface area contributed by atoms with Crippen LogP contribution in [0.15, 0.2) is 0 Å². The zero-order valence-electron chi connectivity index (χ0n) is 9.97. The van der Waals surface area contributed by atoms with Crippen molar-refractivity contribution in [2.75, 3.05) is 13.1 Å². The minimum atomic E-state index is 0.693. The topological polar surface area (TPSA) is 24.1 Å². The Hall–Kier alpha value is -0.0800. The summed E-state index contributed by atoms with van der Waals surface area (Å²) in [6, 6.07) is 1.42. The van der Waals surface area contributed by atoms with Gasteiger partial charge in [-0.1, -0.05) is 26.7 Å². The molecule has 1 saturated heterocycles. The van der Waals surface area contributed by atoms with Gasteiger partial charge >= 0.3 is 0 Å². The molecular formula is C12H26N2. The summed E-state index contributed by atoms with van der Waals surface area (Å²) in [5.74, 6) is 0.857. The molecule has 2 nitrogen and oxygen atoms in total. The van der Waals surface area contributed by atoms with Gasteiger partial charge in [-0.05, 0) is 32.2 Å². The zero-order valence-corrected chi connectivity index (χ0v) is 9.97. The van der Waals surface area contributed by atoms with Gasteiger partial charge in [0.15, 0.2) is 0 Å². The van der Waals surface area contributed by atoms with E-state index in [1.54, 1.807) is 0 Å². The minimum absolute atomic E-state index is 0.693.